The SMILES string of the molecule is COc1ccc(C(=O)N(C)Cc2ccc(F)cc2)cc1S(=O)(=O)N1CCCCCC1. The van der Waals surface area contributed by atoms with Crippen LogP contribution in [0.1, 0.15) is 41.6 Å². The monoisotopic (exact) mass is 434 g/mol. The first-order valence-corrected chi connectivity index (χ1v) is 11.4. The van der Waals surface area contributed by atoms with Crippen LogP contribution in [0.3, 0.4) is 0 Å². The van der Waals surface area contributed by atoms with Gasteiger partial charge in [-0.25, -0.2) is 12.8 Å². The predicted molar refractivity (Wildman–Crippen MR) is 112 cm³/mol. The molecule has 0 bridgehead atoms. The van der Waals surface area contributed by atoms with Crippen molar-refractivity contribution in [3.8, 4) is 5.75 Å². The number of carbonyl (C=O) groups excluding carboxylic acids is 1. The van der Waals surface area contributed by atoms with Crippen molar-refractivity contribution >= 4 is 15.9 Å². The maximum absolute atomic E-state index is 13.3. The van der Waals surface area contributed by atoms with E-state index in [1.807, 2.05) is 0 Å². The highest BCUT2D eigenvalue weighted by atomic mass is 32.2. The third-order valence-corrected chi connectivity index (χ3v) is 7.19. The molecule has 1 aliphatic rings. The van der Waals surface area contributed by atoms with Gasteiger partial charge in [-0.05, 0) is 48.7 Å². The Morgan fingerprint density at radius 1 is 1.07 bits per heavy atom. The van der Waals surface area contributed by atoms with Crippen molar-refractivity contribution < 1.29 is 22.3 Å². The van der Waals surface area contributed by atoms with Gasteiger partial charge in [0.1, 0.15) is 16.5 Å². The number of carbonyl (C=O) groups is 1. The van der Waals surface area contributed by atoms with E-state index in [1.165, 1.54) is 40.6 Å². The molecule has 1 saturated heterocycles. The minimum Gasteiger partial charge on any atom is -0.495 e. The summed E-state index contributed by atoms with van der Waals surface area (Å²) in [6.45, 7) is 1.21. The lowest BCUT2D eigenvalue weighted by molar-refractivity contribution is 0.0785. The Morgan fingerprint density at radius 3 is 2.30 bits per heavy atom. The van der Waals surface area contributed by atoms with Gasteiger partial charge >= 0.3 is 0 Å². The third kappa shape index (κ3) is 4.99. The van der Waals surface area contributed by atoms with Gasteiger partial charge in [0.25, 0.3) is 5.91 Å². The predicted octanol–water partition coefficient (Wildman–Crippen LogP) is 3.67. The van der Waals surface area contributed by atoms with Gasteiger partial charge in [0.2, 0.25) is 10.0 Å². The first-order chi connectivity index (χ1) is 14.3. The molecule has 0 N–H and O–H groups in total. The standard InChI is InChI=1S/C22H27FN2O4S/c1-24(16-17-7-10-19(23)11-8-17)22(26)18-9-12-20(29-2)21(15-18)30(27,28)25-13-5-3-4-6-14-25/h7-12,15H,3-6,13-14,16H2,1-2H3. The number of hydrogen-bond acceptors (Lipinski definition) is 4. The van der Waals surface area contributed by atoms with E-state index in [1.54, 1.807) is 25.2 Å². The molecule has 0 spiro atoms. The van der Waals surface area contributed by atoms with E-state index < -0.39 is 10.0 Å². The third-order valence-electron chi connectivity index (χ3n) is 5.27. The first-order valence-electron chi connectivity index (χ1n) is 10.0. The second kappa shape index (κ2) is 9.57. The Balaban J connectivity index is 1.87. The minimum atomic E-state index is -3.78. The highest BCUT2D eigenvalue weighted by Gasteiger charge is 2.29. The van der Waals surface area contributed by atoms with Crippen molar-refractivity contribution in [2.24, 2.45) is 0 Å². The Morgan fingerprint density at radius 2 is 1.70 bits per heavy atom. The van der Waals surface area contributed by atoms with Gasteiger partial charge in [0.05, 0.1) is 7.11 Å². The molecule has 1 aliphatic heterocycles. The largest absolute Gasteiger partial charge is 0.495 e. The Labute approximate surface area is 177 Å². The lowest BCUT2D eigenvalue weighted by Crippen LogP contribution is -2.32. The topological polar surface area (TPSA) is 66.9 Å². The number of amides is 1. The number of sulfonamides is 1. The Bertz CT molecular complexity index is 985. The summed E-state index contributed by atoms with van der Waals surface area (Å²) in [5.41, 5.74) is 1.03. The number of ether oxygens (including phenoxy) is 1. The smallest absolute Gasteiger partial charge is 0.253 e. The molecule has 0 saturated carbocycles. The van der Waals surface area contributed by atoms with Crippen LogP contribution in [0, 0.1) is 5.82 Å². The lowest BCUT2D eigenvalue weighted by Gasteiger charge is -2.22. The van der Waals surface area contributed by atoms with Crippen LogP contribution in [0.5, 0.6) is 5.75 Å². The van der Waals surface area contributed by atoms with E-state index in [0.717, 1.165) is 31.2 Å². The van der Waals surface area contributed by atoms with Gasteiger partial charge in [-0.15, -0.1) is 0 Å². The van der Waals surface area contributed by atoms with Gasteiger partial charge in [0, 0.05) is 32.2 Å². The maximum atomic E-state index is 13.3. The molecule has 1 heterocycles. The number of benzene rings is 2. The van der Waals surface area contributed by atoms with Crippen molar-refractivity contribution in [3.05, 3.63) is 59.4 Å². The number of rotatable bonds is 6. The lowest BCUT2D eigenvalue weighted by atomic mass is 10.1. The van der Waals surface area contributed by atoms with Crippen molar-refractivity contribution in [2.45, 2.75) is 37.1 Å². The summed E-state index contributed by atoms with van der Waals surface area (Å²) in [4.78, 5) is 14.4. The van der Waals surface area contributed by atoms with Crippen molar-refractivity contribution in [3.63, 3.8) is 0 Å². The summed E-state index contributed by atoms with van der Waals surface area (Å²) in [7, 11) is -0.738. The van der Waals surface area contributed by atoms with E-state index >= 15 is 0 Å². The zero-order valence-corrected chi connectivity index (χ0v) is 18.1. The summed E-state index contributed by atoms with van der Waals surface area (Å²) in [5.74, 6) is -0.447. The Kier molecular flexibility index (Phi) is 7.10. The van der Waals surface area contributed by atoms with Crippen molar-refractivity contribution in [1.29, 1.82) is 0 Å². The fourth-order valence-corrected chi connectivity index (χ4v) is 5.29. The number of methoxy groups -OCH3 is 1. The highest BCUT2D eigenvalue weighted by molar-refractivity contribution is 7.89. The van der Waals surface area contributed by atoms with Crippen LogP contribution in [0.25, 0.3) is 0 Å². The van der Waals surface area contributed by atoms with Gasteiger partial charge in [0.15, 0.2) is 0 Å². The second-order valence-corrected chi connectivity index (χ2v) is 9.38. The van der Waals surface area contributed by atoms with Crippen LogP contribution in [0.15, 0.2) is 47.4 Å². The molecule has 162 valence electrons. The number of halogens is 1. The van der Waals surface area contributed by atoms with Crippen LogP contribution in [0.2, 0.25) is 0 Å². The van der Waals surface area contributed by atoms with Gasteiger partial charge in [-0.2, -0.15) is 4.31 Å². The van der Waals surface area contributed by atoms with Gasteiger partial charge in [-0.3, -0.25) is 4.79 Å². The van der Waals surface area contributed by atoms with Crippen LogP contribution in [-0.4, -0.2) is 50.8 Å². The molecule has 1 fully saturated rings. The zero-order chi connectivity index (χ0) is 21.7. The van der Waals surface area contributed by atoms with Crippen LogP contribution in [0.4, 0.5) is 4.39 Å². The average Bonchev–Trinajstić information content (AvgIpc) is 3.04. The Hall–Kier alpha value is -2.45. The molecule has 3 rings (SSSR count). The summed E-state index contributed by atoms with van der Waals surface area (Å²) >= 11 is 0. The molecule has 2 aromatic carbocycles. The zero-order valence-electron chi connectivity index (χ0n) is 17.3. The van der Waals surface area contributed by atoms with Crippen LogP contribution >= 0.6 is 0 Å². The fraction of sp³-hybridized carbons (Fsp3) is 0.409. The van der Waals surface area contributed by atoms with E-state index in [2.05, 4.69) is 0 Å². The molecule has 0 aliphatic carbocycles. The maximum Gasteiger partial charge on any atom is 0.253 e. The molecule has 0 radical (unpaired) electrons. The normalized spacial score (nSPS) is 15.4. The summed E-state index contributed by atoms with van der Waals surface area (Å²) < 4.78 is 46.4. The molecule has 0 unspecified atom stereocenters. The van der Waals surface area contributed by atoms with E-state index in [9.17, 15) is 17.6 Å². The molecule has 8 heteroatoms. The summed E-state index contributed by atoms with van der Waals surface area (Å²) in [6, 6.07) is 10.4. The molecule has 1 amide bonds. The fourth-order valence-electron chi connectivity index (χ4n) is 3.59. The highest BCUT2D eigenvalue weighted by Crippen LogP contribution is 2.30. The van der Waals surface area contributed by atoms with Crippen LogP contribution < -0.4 is 4.74 Å². The molecule has 6 nitrogen and oxygen atoms in total. The van der Waals surface area contributed by atoms with Crippen molar-refractivity contribution in [1.82, 2.24) is 9.21 Å². The van der Waals surface area contributed by atoms with E-state index in [-0.39, 0.29) is 34.5 Å². The van der Waals surface area contributed by atoms with E-state index in [4.69, 9.17) is 4.74 Å². The molecular weight excluding hydrogens is 407 g/mol. The quantitative estimate of drug-likeness (QED) is 0.696. The summed E-state index contributed by atoms with van der Waals surface area (Å²) in [5, 5.41) is 0. The average molecular weight is 435 g/mol. The van der Waals surface area contributed by atoms with Gasteiger partial charge < -0.3 is 9.64 Å². The second-order valence-electron chi connectivity index (χ2n) is 7.47. The first kappa shape index (κ1) is 22.2. The van der Waals surface area contributed by atoms with E-state index in [0.29, 0.717) is 13.1 Å². The molecular formula is C22H27FN2O4S. The molecule has 30 heavy (non-hydrogen) atoms. The van der Waals surface area contributed by atoms with Crippen LogP contribution in [-0.2, 0) is 16.6 Å². The van der Waals surface area contributed by atoms with Crippen molar-refractivity contribution in [2.75, 3.05) is 27.2 Å². The molecule has 0 aromatic heterocycles. The van der Waals surface area contributed by atoms with Gasteiger partial charge in [-0.1, -0.05) is 25.0 Å². The minimum absolute atomic E-state index is 0.00734. The molecule has 0 atom stereocenters. The summed E-state index contributed by atoms with van der Waals surface area (Å²) in [6.07, 6.45) is 3.66. The number of hydrogen-bond donors (Lipinski definition) is 0. The molecule has 2 aromatic rings. The number of nitrogens with zero attached hydrogens (tertiary/aromatic N) is 2.